The Morgan fingerprint density at radius 2 is 1.72 bits per heavy atom. The molecule has 0 atom stereocenters. The summed E-state index contributed by atoms with van der Waals surface area (Å²) in [7, 11) is 0.354. The van der Waals surface area contributed by atoms with Gasteiger partial charge >= 0.3 is 0 Å². The average Bonchev–Trinajstić information content (AvgIpc) is 2.49. The molecule has 0 radical (unpaired) electrons. The summed E-state index contributed by atoms with van der Waals surface area (Å²) in [6.45, 7) is 1.96. The van der Waals surface area contributed by atoms with Crippen molar-refractivity contribution in [3.63, 3.8) is 0 Å². The molecule has 0 saturated heterocycles. The topological polar surface area (TPSA) is 46.6 Å². The van der Waals surface area contributed by atoms with Crippen LogP contribution in [0.4, 0.5) is 0 Å². The third kappa shape index (κ3) is 2.67. The van der Waals surface area contributed by atoms with Crippen molar-refractivity contribution in [2.24, 2.45) is 0 Å². The van der Waals surface area contributed by atoms with Gasteiger partial charge in [-0.2, -0.15) is 0 Å². The van der Waals surface area contributed by atoms with E-state index < -0.39 is 9.84 Å². The Morgan fingerprint density at radius 1 is 1.17 bits per heavy atom. The first-order chi connectivity index (χ1) is 8.41. The zero-order valence-corrected chi connectivity index (χ0v) is 11.9. The van der Waals surface area contributed by atoms with Crippen LogP contribution in [-0.4, -0.2) is 46.8 Å². The van der Waals surface area contributed by atoms with Gasteiger partial charge in [-0.1, -0.05) is 0 Å². The fraction of sp³-hybridized carbons (Fsp3) is 0.538. The van der Waals surface area contributed by atoms with Gasteiger partial charge in [-0.3, -0.25) is 0 Å². The average molecular weight is 269 g/mol. The lowest BCUT2D eigenvalue weighted by molar-refractivity contribution is 0.352. The number of hydrogen-bond donors (Lipinski definition) is 0. The zero-order chi connectivity index (χ0) is 13.3. The molecule has 1 heterocycles. The highest BCUT2D eigenvalue weighted by atomic mass is 32.2. The number of sulfone groups is 1. The van der Waals surface area contributed by atoms with Gasteiger partial charge in [0.2, 0.25) is 0 Å². The molecule has 1 aliphatic rings. The van der Waals surface area contributed by atoms with E-state index in [9.17, 15) is 8.42 Å². The van der Waals surface area contributed by atoms with Gasteiger partial charge in [-0.15, -0.1) is 0 Å². The minimum absolute atomic E-state index is 0.299. The van der Waals surface area contributed by atoms with Crippen molar-refractivity contribution in [2.45, 2.75) is 17.7 Å². The van der Waals surface area contributed by atoms with Crippen LogP contribution >= 0.6 is 0 Å². The van der Waals surface area contributed by atoms with Crippen LogP contribution in [0.15, 0.2) is 17.0 Å². The largest absolute Gasteiger partial charge is 0.495 e. The lowest BCUT2D eigenvalue weighted by Crippen LogP contribution is -2.20. The molecule has 0 saturated carbocycles. The van der Waals surface area contributed by atoms with Gasteiger partial charge in [-0.25, -0.2) is 8.42 Å². The van der Waals surface area contributed by atoms with Crippen molar-refractivity contribution in [2.75, 3.05) is 33.5 Å². The summed E-state index contributed by atoms with van der Waals surface area (Å²) in [5.41, 5.74) is 2.32. The molecule has 1 aromatic rings. The van der Waals surface area contributed by atoms with Gasteiger partial charge in [-0.05, 0) is 43.1 Å². The maximum atomic E-state index is 11.8. The van der Waals surface area contributed by atoms with Gasteiger partial charge in [0.25, 0.3) is 0 Å². The highest BCUT2D eigenvalue weighted by Crippen LogP contribution is 2.29. The maximum Gasteiger partial charge on any atom is 0.179 e. The summed E-state index contributed by atoms with van der Waals surface area (Å²) >= 11 is 0. The molecule has 0 unspecified atom stereocenters. The molecule has 0 bridgehead atoms. The van der Waals surface area contributed by atoms with Crippen molar-refractivity contribution in [1.29, 1.82) is 0 Å². The van der Waals surface area contributed by atoms with Crippen LogP contribution in [0.25, 0.3) is 0 Å². The van der Waals surface area contributed by atoms with E-state index in [0.29, 0.717) is 10.6 Å². The molecule has 5 heteroatoms. The fourth-order valence-corrected chi connectivity index (χ4v) is 3.16. The van der Waals surface area contributed by atoms with E-state index >= 15 is 0 Å². The Hall–Kier alpha value is -1.07. The van der Waals surface area contributed by atoms with Crippen molar-refractivity contribution in [1.82, 2.24) is 4.90 Å². The third-order valence-electron chi connectivity index (χ3n) is 3.41. The molecule has 100 valence electrons. The maximum absolute atomic E-state index is 11.8. The number of rotatable bonds is 2. The van der Waals surface area contributed by atoms with E-state index in [-0.39, 0.29) is 0 Å². The first-order valence-electron chi connectivity index (χ1n) is 6.00. The molecule has 1 aliphatic heterocycles. The van der Waals surface area contributed by atoms with E-state index in [2.05, 4.69) is 11.9 Å². The number of hydrogen-bond acceptors (Lipinski definition) is 4. The third-order valence-corrected chi connectivity index (χ3v) is 4.53. The number of nitrogens with zero attached hydrogens (tertiary/aromatic N) is 1. The smallest absolute Gasteiger partial charge is 0.179 e. The second-order valence-electron chi connectivity index (χ2n) is 4.85. The number of benzene rings is 1. The standard InChI is InChI=1S/C13H19NO3S/c1-14-6-4-10-8-12(17-2)13(18(3,15)16)9-11(10)5-7-14/h8-9H,4-7H2,1-3H3. The predicted molar refractivity (Wildman–Crippen MR) is 71.0 cm³/mol. The zero-order valence-electron chi connectivity index (χ0n) is 11.1. The Labute approximate surface area is 108 Å². The minimum Gasteiger partial charge on any atom is -0.495 e. The van der Waals surface area contributed by atoms with E-state index in [1.807, 2.05) is 6.07 Å². The van der Waals surface area contributed by atoms with Gasteiger partial charge < -0.3 is 9.64 Å². The first-order valence-corrected chi connectivity index (χ1v) is 7.89. The normalized spacial score (nSPS) is 17.1. The monoisotopic (exact) mass is 269 g/mol. The molecule has 1 aromatic carbocycles. The van der Waals surface area contributed by atoms with Crippen molar-refractivity contribution in [3.8, 4) is 5.75 Å². The summed E-state index contributed by atoms with van der Waals surface area (Å²) in [6.07, 6.45) is 3.05. The molecular weight excluding hydrogens is 250 g/mol. The first kappa shape index (κ1) is 13.4. The Balaban J connectivity index is 2.53. The van der Waals surface area contributed by atoms with Crippen LogP contribution in [0.2, 0.25) is 0 Å². The van der Waals surface area contributed by atoms with Crippen LogP contribution in [0.1, 0.15) is 11.1 Å². The number of likely N-dealkylation sites (N-methyl/N-ethyl adjacent to an activating group) is 1. The van der Waals surface area contributed by atoms with Gasteiger partial charge in [0.1, 0.15) is 10.6 Å². The quantitative estimate of drug-likeness (QED) is 0.807. The number of methoxy groups -OCH3 is 1. The molecule has 0 N–H and O–H groups in total. The van der Waals surface area contributed by atoms with Crippen LogP contribution < -0.4 is 4.74 Å². The van der Waals surface area contributed by atoms with Crippen LogP contribution in [-0.2, 0) is 22.7 Å². The van der Waals surface area contributed by atoms with E-state index in [1.165, 1.54) is 18.9 Å². The molecule has 0 spiro atoms. The highest BCUT2D eigenvalue weighted by Gasteiger charge is 2.19. The Kier molecular flexibility index (Phi) is 3.64. The van der Waals surface area contributed by atoms with Gasteiger partial charge in [0.05, 0.1) is 7.11 Å². The van der Waals surface area contributed by atoms with Crippen LogP contribution in [0.5, 0.6) is 5.75 Å². The van der Waals surface area contributed by atoms with Crippen LogP contribution in [0.3, 0.4) is 0 Å². The molecule has 0 aromatic heterocycles. The van der Waals surface area contributed by atoms with Crippen molar-refractivity contribution >= 4 is 9.84 Å². The summed E-state index contributed by atoms with van der Waals surface area (Å²) in [5.74, 6) is 0.459. The summed E-state index contributed by atoms with van der Waals surface area (Å²) in [5, 5.41) is 0. The van der Waals surface area contributed by atoms with Crippen molar-refractivity contribution < 1.29 is 13.2 Å². The molecule has 0 fully saturated rings. The van der Waals surface area contributed by atoms with Crippen molar-refractivity contribution in [3.05, 3.63) is 23.3 Å². The minimum atomic E-state index is -3.24. The van der Waals surface area contributed by atoms with Gasteiger partial charge in [0.15, 0.2) is 9.84 Å². The fourth-order valence-electron chi connectivity index (χ4n) is 2.29. The molecular formula is C13H19NO3S. The van der Waals surface area contributed by atoms with E-state index in [1.54, 1.807) is 6.07 Å². The number of ether oxygens (including phenoxy) is 1. The highest BCUT2D eigenvalue weighted by molar-refractivity contribution is 7.90. The molecule has 0 aliphatic carbocycles. The second-order valence-corrected chi connectivity index (χ2v) is 6.83. The number of fused-ring (bicyclic) bond motifs is 1. The second kappa shape index (κ2) is 4.90. The molecule has 2 rings (SSSR count). The SMILES string of the molecule is COc1cc2c(cc1S(C)(=O)=O)CCN(C)CC2. The van der Waals surface area contributed by atoms with E-state index in [0.717, 1.165) is 31.5 Å². The summed E-state index contributed by atoms with van der Waals surface area (Å²) < 4.78 is 28.7. The Morgan fingerprint density at radius 3 is 2.22 bits per heavy atom. The van der Waals surface area contributed by atoms with Crippen LogP contribution in [0, 0.1) is 0 Å². The molecule has 18 heavy (non-hydrogen) atoms. The summed E-state index contributed by atoms with van der Waals surface area (Å²) in [4.78, 5) is 2.56. The Bertz CT molecular complexity index is 552. The lowest BCUT2D eigenvalue weighted by Gasteiger charge is -2.12. The van der Waals surface area contributed by atoms with E-state index in [4.69, 9.17) is 4.74 Å². The molecule has 4 nitrogen and oxygen atoms in total. The van der Waals surface area contributed by atoms with Gasteiger partial charge in [0, 0.05) is 19.3 Å². The summed E-state index contributed by atoms with van der Waals surface area (Å²) in [6, 6.07) is 3.66. The molecule has 0 amide bonds. The lowest BCUT2D eigenvalue weighted by atomic mass is 10.0. The predicted octanol–water partition coefficient (Wildman–Crippen LogP) is 1.13.